The summed E-state index contributed by atoms with van der Waals surface area (Å²) in [4.78, 5) is 13.9. The summed E-state index contributed by atoms with van der Waals surface area (Å²) >= 11 is 1.54. The molecular weight excluding hydrogens is 244 g/mol. The third-order valence-electron chi connectivity index (χ3n) is 2.64. The Hall–Kier alpha value is -1.81. The number of carbonyl (C=O) groups excluding carboxylic acids is 1. The van der Waals surface area contributed by atoms with E-state index in [2.05, 4.69) is 12.2 Å². The first-order valence-electron chi connectivity index (χ1n) is 5.90. The monoisotopic (exact) mass is 260 g/mol. The summed E-state index contributed by atoms with van der Waals surface area (Å²) in [5, 5.41) is 2.90. The molecule has 0 aliphatic carbocycles. The van der Waals surface area contributed by atoms with Crippen molar-refractivity contribution in [1.82, 2.24) is 5.32 Å². The van der Waals surface area contributed by atoms with Gasteiger partial charge >= 0.3 is 0 Å². The first-order chi connectivity index (χ1) is 8.69. The molecule has 4 heteroatoms. The number of hydrogen-bond acceptors (Lipinski definition) is 3. The molecule has 0 unspecified atom stereocenters. The van der Waals surface area contributed by atoms with E-state index in [9.17, 15) is 4.79 Å². The van der Waals surface area contributed by atoms with E-state index in [-0.39, 0.29) is 5.91 Å². The van der Waals surface area contributed by atoms with Gasteiger partial charge in [0.05, 0.1) is 4.88 Å². The van der Waals surface area contributed by atoms with Gasteiger partial charge in [-0.15, -0.1) is 11.3 Å². The highest BCUT2D eigenvalue weighted by molar-refractivity contribution is 7.14. The van der Waals surface area contributed by atoms with Crippen LogP contribution in [0.4, 0.5) is 5.69 Å². The number of hydrogen-bond donors (Lipinski definition) is 2. The van der Waals surface area contributed by atoms with E-state index in [4.69, 9.17) is 5.73 Å². The molecule has 3 N–H and O–H groups in total. The van der Waals surface area contributed by atoms with Gasteiger partial charge in [0.25, 0.3) is 5.91 Å². The van der Waals surface area contributed by atoms with E-state index in [1.165, 1.54) is 4.88 Å². The second kappa shape index (κ2) is 5.69. The number of nitrogen functional groups attached to an aromatic ring is 1. The van der Waals surface area contributed by atoms with Gasteiger partial charge in [0.2, 0.25) is 0 Å². The van der Waals surface area contributed by atoms with Gasteiger partial charge < -0.3 is 11.1 Å². The lowest BCUT2D eigenvalue weighted by atomic mass is 10.2. The molecule has 0 aliphatic heterocycles. The predicted molar refractivity (Wildman–Crippen MR) is 75.7 cm³/mol. The molecular formula is C14H16N2OS. The summed E-state index contributed by atoms with van der Waals surface area (Å²) < 4.78 is 0. The van der Waals surface area contributed by atoms with Crippen LogP contribution in [0.1, 0.15) is 27.0 Å². The lowest BCUT2D eigenvalue weighted by Gasteiger charge is -2.04. The SMILES string of the molecule is CCc1ccc(C(=O)NCc2cccc(N)c2)s1. The maximum Gasteiger partial charge on any atom is 0.261 e. The number of thiophene rings is 1. The van der Waals surface area contributed by atoms with Crippen LogP contribution in [0.2, 0.25) is 0 Å². The molecule has 18 heavy (non-hydrogen) atoms. The van der Waals surface area contributed by atoms with Crippen LogP contribution in [0.5, 0.6) is 0 Å². The largest absolute Gasteiger partial charge is 0.399 e. The van der Waals surface area contributed by atoms with Crippen molar-refractivity contribution >= 4 is 22.9 Å². The fourth-order valence-corrected chi connectivity index (χ4v) is 2.53. The van der Waals surface area contributed by atoms with Crippen molar-refractivity contribution < 1.29 is 4.79 Å². The molecule has 0 spiro atoms. The number of rotatable bonds is 4. The summed E-state index contributed by atoms with van der Waals surface area (Å²) in [6.07, 6.45) is 0.965. The van der Waals surface area contributed by atoms with Crippen LogP contribution in [0, 0.1) is 0 Å². The summed E-state index contributed by atoms with van der Waals surface area (Å²) in [5.74, 6) is -0.0258. The van der Waals surface area contributed by atoms with Crippen LogP contribution in [-0.2, 0) is 13.0 Å². The van der Waals surface area contributed by atoms with E-state index in [1.54, 1.807) is 11.3 Å². The van der Waals surface area contributed by atoms with Crippen LogP contribution in [0.3, 0.4) is 0 Å². The van der Waals surface area contributed by atoms with Crippen molar-refractivity contribution in [2.75, 3.05) is 5.73 Å². The van der Waals surface area contributed by atoms with Crippen LogP contribution in [0.25, 0.3) is 0 Å². The lowest BCUT2D eigenvalue weighted by molar-refractivity contribution is 0.0955. The molecule has 94 valence electrons. The Balaban J connectivity index is 1.96. The quantitative estimate of drug-likeness (QED) is 0.831. The number of carbonyl (C=O) groups is 1. The number of anilines is 1. The highest BCUT2D eigenvalue weighted by atomic mass is 32.1. The Morgan fingerprint density at radius 3 is 2.83 bits per heavy atom. The number of nitrogens with one attached hydrogen (secondary N) is 1. The zero-order valence-electron chi connectivity index (χ0n) is 10.3. The number of nitrogens with two attached hydrogens (primary N) is 1. The Bertz CT molecular complexity index is 548. The van der Waals surface area contributed by atoms with E-state index in [0.717, 1.165) is 16.9 Å². The topological polar surface area (TPSA) is 55.1 Å². The molecule has 0 aliphatic rings. The van der Waals surface area contributed by atoms with Crippen LogP contribution < -0.4 is 11.1 Å². The van der Waals surface area contributed by atoms with Crippen molar-refractivity contribution in [2.24, 2.45) is 0 Å². The molecule has 1 heterocycles. The summed E-state index contributed by atoms with van der Waals surface area (Å²) in [7, 11) is 0. The van der Waals surface area contributed by atoms with Crippen LogP contribution in [-0.4, -0.2) is 5.91 Å². The molecule has 0 atom stereocenters. The molecule has 0 saturated heterocycles. The second-order valence-electron chi connectivity index (χ2n) is 4.05. The summed E-state index contributed by atoms with van der Waals surface area (Å²) in [6, 6.07) is 11.4. The number of benzene rings is 1. The maximum atomic E-state index is 11.9. The van der Waals surface area contributed by atoms with E-state index >= 15 is 0 Å². The highest BCUT2D eigenvalue weighted by Crippen LogP contribution is 2.16. The Morgan fingerprint density at radius 1 is 1.33 bits per heavy atom. The average molecular weight is 260 g/mol. The fourth-order valence-electron chi connectivity index (χ4n) is 1.66. The second-order valence-corrected chi connectivity index (χ2v) is 5.22. The summed E-state index contributed by atoms with van der Waals surface area (Å²) in [6.45, 7) is 2.59. The molecule has 2 aromatic rings. The molecule has 1 aromatic carbocycles. The van der Waals surface area contributed by atoms with Gasteiger partial charge in [0.15, 0.2) is 0 Å². The Labute approximate surface area is 111 Å². The lowest BCUT2D eigenvalue weighted by Crippen LogP contribution is -2.21. The first-order valence-corrected chi connectivity index (χ1v) is 6.72. The van der Waals surface area contributed by atoms with E-state index in [0.29, 0.717) is 12.2 Å². The van der Waals surface area contributed by atoms with Gasteiger partial charge in [-0.25, -0.2) is 0 Å². The molecule has 2 rings (SSSR count). The van der Waals surface area contributed by atoms with Crippen molar-refractivity contribution in [3.8, 4) is 0 Å². The molecule has 1 aromatic heterocycles. The third kappa shape index (κ3) is 3.11. The van der Waals surface area contributed by atoms with Gasteiger partial charge in [-0.3, -0.25) is 4.79 Å². The minimum Gasteiger partial charge on any atom is -0.399 e. The predicted octanol–water partition coefficient (Wildman–Crippen LogP) is 2.82. The van der Waals surface area contributed by atoms with Gasteiger partial charge in [0, 0.05) is 17.1 Å². The van der Waals surface area contributed by atoms with Crippen molar-refractivity contribution in [3.05, 3.63) is 51.7 Å². The molecule has 0 fully saturated rings. The first kappa shape index (κ1) is 12.6. The Kier molecular flexibility index (Phi) is 3.99. The van der Waals surface area contributed by atoms with Gasteiger partial charge in [-0.05, 0) is 36.2 Å². The van der Waals surface area contributed by atoms with Crippen LogP contribution >= 0.6 is 11.3 Å². The molecule has 3 nitrogen and oxygen atoms in total. The number of amides is 1. The zero-order valence-corrected chi connectivity index (χ0v) is 11.1. The van der Waals surface area contributed by atoms with Crippen molar-refractivity contribution in [2.45, 2.75) is 19.9 Å². The summed E-state index contributed by atoms with van der Waals surface area (Å²) in [5.41, 5.74) is 7.41. The molecule has 0 bridgehead atoms. The van der Waals surface area contributed by atoms with Gasteiger partial charge in [-0.2, -0.15) is 0 Å². The third-order valence-corrected chi connectivity index (χ3v) is 3.87. The Morgan fingerprint density at radius 2 is 2.17 bits per heavy atom. The van der Waals surface area contributed by atoms with E-state index in [1.807, 2.05) is 36.4 Å². The van der Waals surface area contributed by atoms with Gasteiger partial charge in [-0.1, -0.05) is 19.1 Å². The van der Waals surface area contributed by atoms with Crippen molar-refractivity contribution in [1.29, 1.82) is 0 Å². The smallest absolute Gasteiger partial charge is 0.261 e. The van der Waals surface area contributed by atoms with E-state index < -0.39 is 0 Å². The minimum absolute atomic E-state index is 0.0258. The highest BCUT2D eigenvalue weighted by Gasteiger charge is 2.08. The average Bonchev–Trinajstić information content (AvgIpc) is 2.85. The van der Waals surface area contributed by atoms with Crippen LogP contribution in [0.15, 0.2) is 36.4 Å². The standard InChI is InChI=1S/C14H16N2OS/c1-2-12-6-7-13(18-12)14(17)16-9-10-4-3-5-11(15)8-10/h3-8H,2,9,15H2,1H3,(H,16,17). The normalized spacial score (nSPS) is 10.3. The minimum atomic E-state index is -0.0258. The molecule has 0 radical (unpaired) electrons. The zero-order chi connectivity index (χ0) is 13.0. The van der Waals surface area contributed by atoms with Gasteiger partial charge in [0.1, 0.15) is 0 Å². The number of aryl methyl sites for hydroxylation is 1. The molecule has 1 amide bonds. The fraction of sp³-hybridized carbons (Fsp3) is 0.214. The maximum absolute atomic E-state index is 11.9. The molecule has 0 saturated carbocycles. The van der Waals surface area contributed by atoms with Crippen molar-refractivity contribution in [3.63, 3.8) is 0 Å².